The molecular formula is C17H24N2S. The molecule has 108 valence electrons. The lowest BCUT2D eigenvalue weighted by atomic mass is 10.2. The van der Waals surface area contributed by atoms with Crippen molar-refractivity contribution in [3.8, 4) is 0 Å². The summed E-state index contributed by atoms with van der Waals surface area (Å²) in [5, 5.41) is 5.69. The summed E-state index contributed by atoms with van der Waals surface area (Å²) in [4.78, 5) is 3.90. The molecule has 2 rings (SSSR count). The van der Waals surface area contributed by atoms with Crippen LogP contribution in [-0.4, -0.2) is 26.2 Å². The van der Waals surface area contributed by atoms with E-state index in [2.05, 4.69) is 65.8 Å². The van der Waals surface area contributed by atoms with Gasteiger partial charge < -0.3 is 10.2 Å². The Morgan fingerprint density at radius 1 is 1.10 bits per heavy atom. The van der Waals surface area contributed by atoms with Crippen molar-refractivity contribution in [2.75, 3.05) is 31.1 Å². The summed E-state index contributed by atoms with van der Waals surface area (Å²) in [7, 11) is 0. The van der Waals surface area contributed by atoms with Crippen LogP contribution in [0.4, 0.5) is 5.69 Å². The van der Waals surface area contributed by atoms with Crippen LogP contribution in [0.1, 0.15) is 17.4 Å². The number of para-hydroxylation sites is 1. The van der Waals surface area contributed by atoms with E-state index in [9.17, 15) is 0 Å². The minimum atomic E-state index is 1.04. The standard InChI is InChI=1S/C17H24N2S/c1-3-19(17-9-5-4-7-15(17)2)13-12-18-11-10-16-8-6-14-20-16/h4-9,14,18H,3,10-13H2,1-2H3. The van der Waals surface area contributed by atoms with Crippen LogP contribution in [0.25, 0.3) is 0 Å². The van der Waals surface area contributed by atoms with Gasteiger partial charge in [-0.15, -0.1) is 11.3 Å². The fraction of sp³-hybridized carbons (Fsp3) is 0.412. The fourth-order valence-electron chi connectivity index (χ4n) is 2.37. The van der Waals surface area contributed by atoms with Crippen LogP contribution >= 0.6 is 11.3 Å². The van der Waals surface area contributed by atoms with Crippen molar-refractivity contribution in [3.05, 3.63) is 52.2 Å². The van der Waals surface area contributed by atoms with Gasteiger partial charge in [-0.3, -0.25) is 0 Å². The zero-order valence-electron chi connectivity index (χ0n) is 12.4. The molecule has 1 heterocycles. The van der Waals surface area contributed by atoms with Crippen LogP contribution in [0.3, 0.4) is 0 Å². The number of aryl methyl sites for hydroxylation is 1. The van der Waals surface area contributed by atoms with Gasteiger partial charge in [0.05, 0.1) is 0 Å². The summed E-state index contributed by atoms with van der Waals surface area (Å²) in [5.41, 5.74) is 2.71. The minimum Gasteiger partial charge on any atom is -0.370 e. The highest BCUT2D eigenvalue weighted by Crippen LogP contribution is 2.18. The van der Waals surface area contributed by atoms with Gasteiger partial charge in [-0.25, -0.2) is 0 Å². The summed E-state index contributed by atoms with van der Waals surface area (Å²) in [6.07, 6.45) is 1.13. The molecule has 0 aliphatic rings. The van der Waals surface area contributed by atoms with E-state index in [4.69, 9.17) is 0 Å². The number of hydrogen-bond donors (Lipinski definition) is 1. The number of likely N-dealkylation sites (N-methyl/N-ethyl adjacent to an activating group) is 1. The number of hydrogen-bond acceptors (Lipinski definition) is 3. The lowest BCUT2D eigenvalue weighted by Crippen LogP contribution is -2.33. The summed E-state index contributed by atoms with van der Waals surface area (Å²) >= 11 is 1.84. The molecule has 2 aromatic rings. The molecule has 20 heavy (non-hydrogen) atoms. The monoisotopic (exact) mass is 288 g/mol. The van der Waals surface area contributed by atoms with Crippen molar-refractivity contribution in [2.24, 2.45) is 0 Å². The molecule has 0 radical (unpaired) electrons. The number of rotatable bonds is 8. The second-order valence-corrected chi connectivity index (χ2v) is 5.98. The average Bonchev–Trinajstić information content (AvgIpc) is 2.97. The van der Waals surface area contributed by atoms with Gasteiger partial charge in [0, 0.05) is 36.7 Å². The van der Waals surface area contributed by atoms with E-state index < -0.39 is 0 Å². The molecule has 1 N–H and O–H groups in total. The summed E-state index contributed by atoms with van der Waals surface area (Å²) in [5.74, 6) is 0. The predicted molar refractivity (Wildman–Crippen MR) is 90.0 cm³/mol. The Balaban J connectivity index is 1.73. The summed E-state index contributed by atoms with van der Waals surface area (Å²) in [6.45, 7) is 8.61. The quantitative estimate of drug-likeness (QED) is 0.745. The van der Waals surface area contributed by atoms with E-state index in [1.807, 2.05) is 11.3 Å². The van der Waals surface area contributed by atoms with Gasteiger partial charge in [0.1, 0.15) is 0 Å². The third-order valence-electron chi connectivity index (χ3n) is 3.52. The molecule has 1 aromatic heterocycles. The van der Waals surface area contributed by atoms with Crippen molar-refractivity contribution >= 4 is 17.0 Å². The maximum absolute atomic E-state index is 3.54. The highest BCUT2D eigenvalue weighted by atomic mass is 32.1. The van der Waals surface area contributed by atoms with E-state index in [0.717, 1.165) is 32.6 Å². The highest BCUT2D eigenvalue weighted by Gasteiger charge is 2.05. The minimum absolute atomic E-state index is 1.04. The fourth-order valence-corrected chi connectivity index (χ4v) is 3.08. The number of anilines is 1. The molecule has 0 amide bonds. The molecule has 0 unspecified atom stereocenters. The molecule has 0 saturated heterocycles. The Hall–Kier alpha value is -1.32. The van der Waals surface area contributed by atoms with Crippen molar-refractivity contribution in [1.29, 1.82) is 0 Å². The number of nitrogens with zero attached hydrogens (tertiary/aromatic N) is 1. The smallest absolute Gasteiger partial charge is 0.0396 e. The first-order valence-electron chi connectivity index (χ1n) is 7.35. The molecule has 0 spiro atoms. The molecule has 1 aromatic carbocycles. The van der Waals surface area contributed by atoms with Gasteiger partial charge in [0.15, 0.2) is 0 Å². The van der Waals surface area contributed by atoms with Crippen LogP contribution in [0, 0.1) is 6.92 Å². The Morgan fingerprint density at radius 2 is 1.95 bits per heavy atom. The Bertz CT molecular complexity index is 493. The summed E-state index contributed by atoms with van der Waals surface area (Å²) < 4.78 is 0. The molecule has 0 aliphatic heterocycles. The summed E-state index contributed by atoms with van der Waals surface area (Å²) in [6, 6.07) is 12.9. The lowest BCUT2D eigenvalue weighted by molar-refractivity contribution is 0.664. The van der Waals surface area contributed by atoms with E-state index >= 15 is 0 Å². The van der Waals surface area contributed by atoms with E-state index in [0.29, 0.717) is 0 Å². The third-order valence-corrected chi connectivity index (χ3v) is 4.46. The highest BCUT2D eigenvalue weighted by molar-refractivity contribution is 7.09. The van der Waals surface area contributed by atoms with Gasteiger partial charge in [-0.05, 0) is 43.3 Å². The zero-order valence-corrected chi connectivity index (χ0v) is 13.2. The van der Waals surface area contributed by atoms with Crippen molar-refractivity contribution < 1.29 is 0 Å². The number of thiophene rings is 1. The normalized spacial score (nSPS) is 10.7. The molecule has 0 fully saturated rings. The van der Waals surface area contributed by atoms with Crippen LogP contribution in [0.2, 0.25) is 0 Å². The van der Waals surface area contributed by atoms with Crippen LogP contribution in [-0.2, 0) is 6.42 Å². The van der Waals surface area contributed by atoms with Gasteiger partial charge in [0.25, 0.3) is 0 Å². The second-order valence-electron chi connectivity index (χ2n) is 4.95. The topological polar surface area (TPSA) is 15.3 Å². The van der Waals surface area contributed by atoms with Gasteiger partial charge in [0.2, 0.25) is 0 Å². The first-order chi connectivity index (χ1) is 9.81. The maximum Gasteiger partial charge on any atom is 0.0396 e. The molecule has 0 saturated carbocycles. The van der Waals surface area contributed by atoms with Gasteiger partial charge >= 0.3 is 0 Å². The average molecular weight is 288 g/mol. The molecule has 0 aliphatic carbocycles. The predicted octanol–water partition coefficient (Wildman–Crippen LogP) is 3.72. The lowest BCUT2D eigenvalue weighted by Gasteiger charge is -2.25. The number of nitrogens with one attached hydrogen (secondary N) is 1. The van der Waals surface area contributed by atoms with Crippen molar-refractivity contribution in [3.63, 3.8) is 0 Å². The van der Waals surface area contributed by atoms with Crippen molar-refractivity contribution in [2.45, 2.75) is 20.3 Å². The van der Waals surface area contributed by atoms with Crippen LogP contribution in [0.5, 0.6) is 0 Å². The third kappa shape index (κ3) is 4.36. The molecular weight excluding hydrogens is 264 g/mol. The van der Waals surface area contributed by atoms with Crippen LogP contribution < -0.4 is 10.2 Å². The second kappa shape index (κ2) is 8.08. The molecule has 0 bridgehead atoms. The Kier molecular flexibility index (Phi) is 6.09. The molecule has 3 heteroatoms. The van der Waals surface area contributed by atoms with Crippen molar-refractivity contribution in [1.82, 2.24) is 5.32 Å². The van der Waals surface area contributed by atoms with E-state index in [1.165, 1.54) is 16.1 Å². The zero-order chi connectivity index (χ0) is 14.2. The maximum atomic E-state index is 3.54. The SMILES string of the molecule is CCN(CCNCCc1cccs1)c1ccccc1C. The Labute approximate surface area is 126 Å². The number of benzene rings is 1. The first-order valence-corrected chi connectivity index (χ1v) is 8.23. The van der Waals surface area contributed by atoms with E-state index in [-0.39, 0.29) is 0 Å². The van der Waals surface area contributed by atoms with Crippen LogP contribution in [0.15, 0.2) is 41.8 Å². The van der Waals surface area contributed by atoms with E-state index in [1.54, 1.807) is 0 Å². The van der Waals surface area contributed by atoms with Gasteiger partial charge in [-0.1, -0.05) is 24.3 Å². The molecule has 2 nitrogen and oxygen atoms in total. The van der Waals surface area contributed by atoms with Gasteiger partial charge in [-0.2, -0.15) is 0 Å². The largest absolute Gasteiger partial charge is 0.370 e. The molecule has 0 atom stereocenters. The Morgan fingerprint density at radius 3 is 2.65 bits per heavy atom. The first kappa shape index (κ1) is 15.1.